The number of guanidine groups is 1. The van der Waals surface area contributed by atoms with E-state index in [0.29, 0.717) is 18.5 Å². The molecular weight excluding hydrogens is 453 g/mol. The first-order valence-electron chi connectivity index (χ1n) is 8.68. The van der Waals surface area contributed by atoms with Gasteiger partial charge >= 0.3 is 0 Å². The molecule has 7 nitrogen and oxygen atoms in total. The predicted molar refractivity (Wildman–Crippen MR) is 112 cm³/mol. The zero-order chi connectivity index (χ0) is 17.6. The minimum atomic E-state index is -2.98. The average molecular weight is 483 g/mol. The Hall–Kier alpha value is -0.840. The number of hydrogen-bond donors (Lipinski definition) is 1. The van der Waals surface area contributed by atoms with Gasteiger partial charge in [0.05, 0.1) is 24.7 Å². The van der Waals surface area contributed by atoms with Crippen LogP contribution < -0.4 is 5.32 Å². The molecule has 2 heterocycles. The van der Waals surface area contributed by atoms with E-state index >= 15 is 0 Å². The van der Waals surface area contributed by atoms with Crippen LogP contribution >= 0.6 is 24.0 Å². The van der Waals surface area contributed by atoms with Gasteiger partial charge in [-0.1, -0.05) is 13.8 Å². The molecule has 2 atom stereocenters. The smallest absolute Gasteiger partial charge is 0.194 e. The first-order chi connectivity index (χ1) is 11.5. The third-order valence-electron chi connectivity index (χ3n) is 4.56. The van der Waals surface area contributed by atoms with Gasteiger partial charge in [-0.05, 0) is 19.3 Å². The lowest BCUT2D eigenvalue weighted by molar-refractivity contribution is 0.189. The Bertz CT molecular complexity index is 633. The molecule has 2 rings (SSSR count). The fraction of sp³-hybridized carbons (Fsp3) is 0.750. The van der Waals surface area contributed by atoms with Gasteiger partial charge < -0.3 is 14.8 Å². The fourth-order valence-corrected chi connectivity index (χ4v) is 3.61. The summed E-state index contributed by atoms with van der Waals surface area (Å²) in [5, 5.41) is 3.29. The zero-order valence-electron chi connectivity index (χ0n) is 15.3. The Balaban J connectivity index is 0.00000312. The molecule has 0 aromatic carbocycles. The number of piperidine rings is 1. The molecule has 1 N–H and O–H groups in total. The SMILES string of the molecule is CCNC(=NCCS(=O)(=O)CC)N1CCC(C)C(n2ccnc2)C1.I. The van der Waals surface area contributed by atoms with Crippen LogP contribution in [-0.2, 0) is 9.84 Å². The Labute approximate surface area is 168 Å². The highest BCUT2D eigenvalue weighted by atomic mass is 127. The standard InChI is InChI=1S/C16H29N5O2S.HI/c1-4-18-16(19-8-11-24(22,23)5-2)20-9-6-14(3)15(12-20)21-10-7-17-13-21;/h7,10,13-15H,4-6,8-9,11-12H2,1-3H3,(H,18,19);1H. The van der Waals surface area contributed by atoms with Crippen LogP contribution in [-0.4, -0.2) is 66.5 Å². The van der Waals surface area contributed by atoms with Crippen molar-refractivity contribution in [2.75, 3.05) is 37.7 Å². The molecule has 9 heteroatoms. The van der Waals surface area contributed by atoms with Crippen LogP contribution in [0, 0.1) is 5.92 Å². The topological polar surface area (TPSA) is 79.6 Å². The highest BCUT2D eigenvalue weighted by Crippen LogP contribution is 2.27. The molecule has 1 aromatic heterocycles. The number of hydrogen-bond acceptors (Lipinski definition) is 4. The molecule has 1 saturated heterocycles. The molecule has 25 heavy (non-hydrogen) atoms. The summed E-state index contributed by atoms with van der Waals surface area (Å²) in [7, 11) is -2.98. The molecule has 0 radical (unpaired) electrons. The maximum Gasteiger partial charge on any atom is 0.194 e. The van der Waals surface area contributed by atoms with Crippen LogP contribution in [0.2, 0.25) is 0 Å². The summed E-state index contributed by atoms with van der Waals surface area (Å²) in [5.74, 6) is 1.65. The van der Waals surface area contributed by atoms with E-state index in [-0.39, 0.29) is 35.5 Å². The van der Waals surface area contributed by atoms with Crippen LogP contribution in [0.5, 0.6) is 0 Å². The number of aliphatic imine (C=N–C) groups is 1. The van der Waals surface area contributed by atoms with Crippen molar-refractivity contribution in [3.05, 3.63) is 18.7 Å². The first-order valence-corrected chi connectivity index (χ1v) is 10.5. The van der Waals surface area contributed by atoms with E-state index in [1.54, 1.807) is 13.1 Å². The van der Waals surface area contributed by atoms with Crippen molar-refractivity contribution in [3.63, 3.8) is 0 Å². The monoisotopic (exact) mass is 483 g/mol. The Morgan fingerprint density at radius 1 is 1.40 bits per heavy atom. The number of halogens is 1. The number of sulfone groups is 1. The number of nitrogens with zero attached hydrogens (tertiary/aromatic N) is 4. The van der Waals surface area contributed by atoms with Crippen molar-refractivity contribution in [2.24, 2.45) is 10.9 Å². The van der Waals surface area contributed by atoms with Gasteiger partial charge in [0.25, 0.3) is 0 Å². The number of rotatable bonds is 6. The summed E-state index contributed by atoms with van der Waals surface area (Å²) in [6.45, 7) is 8.81. The van der Waals surface area contributed by atoms with Crippen molar-refractivity contribution in [2.45, 2.75) is 33.2 Å². The quantitative estimate of drug-likeness (QED) is 0.379. The Morgan fingerprint density at radius 2 is 2.16 bits per heavy atom. The van der Waals surface area contributed by atoms with Gasteiger partial charge in [0.2, 0.25) is 0 Å². The third-order valence-corrected chi connectivity index (χ3v) is 6.25. The fourth-order valence-electron chi connectivity index (χ4n) is 2.96. The highest BCUT2D eigenvalue weighted by molar-refractivity contribution is 14.0. The van der Waals surface area contributed by atoms with E-state index < -0.39 is 9.84 Å². The van der Waals surface area contributed by atoms with Crippen molar-refractivity contribution < 1.29 is 8.42 Å². The van der Waals surface area contributed by atoms with Crippen LogP contribution in [0.15, 0.2) is 23.7 Å². The molecule has 1 aliphatic heterocycles. The number of aromatic nitrogens is 2. The minimum absolute atomic E-state index is 0. The minimum Gasteiger partial charge on any atom is -0.357 e. The normalized spacial score (nSPS) is 21.7. The summed E-state index contributed by atoms with van der Waals surface area (Å²) in [6.07, 6.45) is 6.74. The molecule has 0 spiro atoms. The molecule has 1 aromatic rings. The molecule has 0 amide bonds. The molecule has 2 unspecified atom stereocenters. The molecule has 0 bridgehead atoms. The van der Waals surface area contributed by atoms with E-state index in [1.165, 1.54) is 0 Å². The van der Waals surface area contributed by atoms with E-state index in [9.17, 15) is 8.42 Å². The predicted octanol–water partition coefficient (Wildman–Crippen LogP) is 1.78. The van der Waals surface area contributed by atoms with Gasteiger partial charge in [0.1, 0.15) is 0 Å². The Morgan fingerprint density at radius 3 is 2.76 bits per heavy atom. The van der Waals surface area contributed by atoms with Gasteiger partial charge in [-0.15, -0.1) is 24.0 Å². The van der Waals surface area contributed by atoms with Gasteiger partial charge in [-0.3, -0.25) is 4.99 Å². The largest absolute Gasteiger partial charge is 0.357 e. The number of imidazole rings is 1. The van der Waals surface area contributed by atoms with Crippen LogP contribution in [0.3, 0.4) is 0 Å². The van der Waals surface area contributed by atoms with Gasteiger partial charge in [0, 0.05) is 37.8 Å². The summed E-state index contributed by atoms with van der Waals surface area (Å²) >= 11 is 0. The van der Waals surface area contributed by atoms with E-state index in [4.69, 9.17) is 0 Å². The van der Waals surface area contributed by atoms with Crippen molar-refractivity contribution in [1.29, 1.82) is 0 Å². The lowest BCUT2D eigenvalue weighted by atomic mass is 9.93. The summed E-state index contributed by atoms with van der Waals surface area (Å²) < 4.78 is 25.5. The molecule has 0 aliphatic carbocycles. The van der Waals surface area contributed by atoms with Gasteiger partial charge in [-0.2, -0.15) is 0 Å². The highest BCUT2D eigenvalue weighted by Gasteiger charge is 2.28. The second-order valence-electron chi connectivity index (χ2n) is 6.26. The van der Waals surface area contributed by atoms with Crippen LogP contribution in [0.1, 0.15) is 33.2 Å². The van der Waals surface area contributed by atoms with E-state index in [1.807, 2.05) is 19.4 Å². The Kier molecular flexibility index (Phi) is 9.19. The third kappa shape index (κ3) is 6.43. The maximum atomic E-state index is 11.7. The second-order valence-corrected chi connectivity index (χ2v) is 8.73. The molecular formula is C16H30IN5O2S. The summed E-state index contributed by atoms with van der Waals surface area (Å²) in [5.41, 5.74) is 0. The van der Waals surface area contributed by atoms with E-state index in [0.717, 1.165) is 32.0 Å². The van der Waals surface area contributed by atoms with Crippen LogP contribution in [0.25, 0.3) is 0 Å². The summed E-state index contributed by atoms with van der Waals surface area (Å²) in [4.78, 5) is 10.9. The summed E-state index contributed by atoms with van der Waals surface area (Å²) in [6, 6.07) is 0.351. The maximum absolute atomic E-state index is 11.7. The zero-order valence-corrected chi connectivity index (χ0v) is 18.4. The average Bonchev–Trinajstić information content (AvgIpc) is 3.09. The second kappa shape index (κ2) is 10.3. The van der Waals surface area contributed by atoms with Gasteiger partial charge in [0.15, 0.2) is 15.8 Å². The van der Waals surface area contributed by atoms with Crippen LogP contribution in [0.4, 0.5) is 0 Å². The first kappa shape index (κ1) is 22.2. The van der Waals surface area contributed by atoms with Gasteiger partial charge in [-0.25, -0.2) is 13.4 Å². The van der Waals surface area contributed by atoms with Crippen molar-refractivity contribution in [3.8, 4) is 0 Å². The lowest BCUT2D eigenvalue weighted by Crippen LogP contribution is -2.49. The molecule has 1 aliphatic rings. The number of nitrogens with one attached hydrogen (secondary N) is 1. The lowest BCUT2D eigenvalue weighted by Gasteiger charge is -2.39. The van der Waals surface area contributed by atoms with Crippen molar-refractivity contribution >= 4 is 39.8 Å². The van der Waals surface area contributed by atoms with Crippen molar-refractivity contribution in [1.82, 2.24) is 19.8 Å². The molecule has 144 valence electrons. The van der Waals surface area contributed by atoms with E-state index in [2.05, 4.69) is 31.7 Å². The molecule has 1 fully saturated rings. The number of likely N-dealkylation sites (tertiary alicyclic amines) is 1. The molecule has 0 saturated carbocycles.